The Kier molecular flexibility index (Phi) is 3.07. The Morgan fingerprint density at radius 3 is 2.43 bits per heavy atom. The van der Waals surface area contributed by atoms with Gasteiger partial charge in [0.15, 0.2) is 4.90 Å². The lowest BCUT2D eigenvalue weighted by atomic mass is 10.4. The molecule has 0 aromatic carbocycles. The van der Waals surface area contributed by atoms with Crippen LogP contribution in [0.15, 0.2) is 21.8 Å². The molecule has 0 aliphatic rings. The van der Waals surface area contributed by atoms with Gasteiger partial charge < -0.3 is 0 Å². The zero-order valence-electron chi connectivity index (χ0n) is 6.35. The summed E-state index contributed by atoms with van der Waals surface area (Å²) in [5, 5.41) is 10.5. The van der Waals surface area contributed by atoms with E-state index in [0.29, 0.717) is 0 Å². The Bertz CT molecular complexity index is 489. The van der Waals surface area contributed by atoms with Crippen LogP contribution < -0.4 is 0 Å². The van der Waals surface area contributed by atoms with Crippen LogP contribution in [0.25, 0.3) is 0 Å². The summed E-state index contributed by atoms with van der Waals surface area (Å²) in [6.07, 6.45) is 1.94. The minimum absolute atomic E-state index is 0.0378. The van der Waals surface area contributed by atoms with E-state index >= 15 is 0 Å². The number of aromatic nitrogens is 1. The fourth-order valence-corrected chi connectivity index (χ4v) is 2.31. The normalized spacial score (nSPS) is 11.3. The van der Waals surface area contributed by atoms with Gasteiger partial charge in [-0.25, -0.2) is 8.42 Å². The van der Waals surface area contributed by atoms with Crippen LogP contribution in [-0.4, -0.2) is 18.3 Å². The lowest BCUT2D eigenvalue weighted by Crippen LogP contribution is -2.00. The van der Waals surface area contributed by atoms with Crippen molar-refractivity contribution in [3.63, 3.8) is 0 Å². The average Bonchev–Trinajstić information content (AvgIpc) is 2.01. The Morgan fingerprint density at radius 1 is 1.50 bits per heavy atom. The fourth-order valence-electron chi connectivity index (χ4n) is 0.766. The smallest absolute Gasteiger partial charge is 0.262 e. The molecule has 0 amide bonds. The lowest BCUT2D eigenvalue weighted by Gasteiger charge is -1.99. The highest BCUT2D eigenvalue weighted by Crippen LogP contribution is 2.32. The Balaban J connectivity index is 3.61. The molecular weight excluding hydrogens is 299 g/mol. The SMILES string of the molecule is O=[N+]([O-])c1c(Br)cncc1S(=O)(=O)Cl. The van der Waals surface area contributed by atoms with Crippen molar-refractivity contribution in [2.24, 2.45) is 0 Å². The molecular formula is C5H2BrClN2O4S. The Morgan fingerprint density at radius 2 is 2.07 bits per heavy atom. The van der Waals surface area contributed by atoms with E-state index in [1.165, 1.54) is 0 Å². The fraction of sp³-hybridized carbons (Fsp3) is 0. The van der Waals surface area contributed by atoms with Crippen LogP contribution in [-0.2, 0) is 9.05 Å². The quantitative estimate of drug-likeness (QED) is 0.471. The number of pyridine rings is 1. The molecule has 1 aromatic rings. The van der Waals surface area contributed by atoms with Crippen molar-refractivity contribution in [1.82, 2.24) is 4.98 Å². The highest BCUT2D eigenvalue weighted by atomic mass is 79.9. The molecule has 0 radical (unpaired) electrons. The summed E-state index contributed by atoms with van der Waals surface area (Å²) in [5.41, 5.74) is -0.616. The van der Waals surface area contributed by atoms with Gasteiger partial charge in [0.25, 0.3) is 9.05 Å². The summed E-state index contributed by atoms with van der Waals surface area (Å²) >= 11 is 2.81. The lowest BCUT2D eigenvalue weighted by molar-refractivity contribution is -0.388. The molecule has 0 unspecified atom stereocenters. The second-order valence-corrected chi connectivity index (χ2v) is 5.55. The monoisotopic (exact) mass is 300 g/mol. The number of hydrogen-bond donors (Lipinski definition) is 0. The van der Waals surface area contributed by atoms with Crippen LogP contribution in [0, 0.1) is 10.1 Å². The maximum atomic E-state index is 10.9. The molecule has 0 saturated heterocycles. The Labute approximate surface area is 91.6 Å². The average molecular weight is 302 g/mol. The van der Waals surface area contributed by atoms with E-state index in [4.69, 9.17) is 10.7 Å². The second-order valence-electron chi connectivity index (χ2n) is 2.16. The first kappa shape index (κ1) is 11.3. The van der Waals surface area contributed by atoms with Gasteiger partial charge in [0.05, 0.1) is 11.1 Å². The largest absolute Gasteiger partial charge is 0.306 e. The molecule has 76 valence electrons. The van der Waals surface area contributed by atoms with Gasteiger partial charge in [-0.05, 0) is 15.9 Å². The minimum atomic E-state index is -4.16. The molecule has 0 aliphatic heterocycles. The highest BCUT2D eigenvalue weighted by Gasteiger charge is 2.27. The maximum absolute atomic E-state index is 10.9. The van der Waals surface area contributed by atoms with Crippen LogP contribution in [0.1, 0.15) is 0 Å². The summed E-state index contributed by atoms with van der Waals surface area (Å²) in [7, 11) is 0.824. The van der Waals surface area contributed by atoms with Crippen LogP contribution in [0.2, 0.25) is 0 Å². The number of rotatable bonds is 2. The van der Waals surface area contributed by atoms with Crippen LogP contribution in [0.5, 0.6) is 0 Å². The standard InChI is InChI=1S/C5H2BrClN2O4S/c6-3-1-8-2-4(14(7,12)13)5(3)9(10)11/h1-2H. The van der Waals surface area contributed by atoms with Crippen molar-refractivity contribution in [3.05, 3.63) is 27.0 Å². The topological polar surface area (TPSA) is 90.2 Å². The van der Waals surface area contributed by atoms with Gasteiger partial charge in [0.2, 0.25) is 0 Å². The molecule has 0 N–H and O–H groups in total. The summed E-state index contributed by atoms with van der Waals surface area (Å²) in [6, 6.07) is 0. The molecule has 0 fully saturated rings. The minimum Gasteiger partial charge on any atom is -0.262 e. The van der Waals surface area contributed by atoms with Gasteiger partial charge in [-0.3, -0.25) is 15.1 Å². The maximum Gasteiger partial charge on any atom is 0.306 e. The molecule has 0 atom stereocenters. The number of halogens is 2. The predicted octanol–water partition coefficient (Wildman–Crippen LogP) is 1.68. The summed E-state index contributed by atoms with van der Waals surface area (Å²) in [6.45, 7) is 0. The van der Waals surface area contributed by atoms with E-state index in [2.05, 4.69) is 20.9 Å². The predicted molar refractivity (Wildman–Crippen MR) is 51.6 cm³/mol. The van der Waals surface area contributed by atoms with Gasteiger partial charge in [-0.1, -0.05) is 0 Å². The first-order chi connectivity index (χ1) is 6.34. The first-order valence-corrected chi connectivity index (χ1v) is 6.17. The molecule has 0 bridgehead atoms. The van der Waals surface area contributed by atoms with E-state index in [0.717, 1.165) is 12.4 Å². The van der Waals surface area contributed by atoms with Crippen LogP contribution >= 0.6 is 26.6 Å². The third-order valence-electron chi connectivity index (χ3n) is 1.28. The molecule has 1 heterocycles. The molecule has 9 heteroatoms. The van der Waals surface area contributed by atoms with Crippen molar-refractivity contribution in [3.8, 4) is 0 Å². The van der Waals surface area contributed by atoms with E-state index in [1.54, 1.807) is 0 Å². The van der Waals surface area contributed by atoms with Crippen molar-refractivity contribution in [2.75, 3.05) is 0 Å². The van der Waals surface area contributed by atoms with E-state index in [9.17, 15) is 18.5 Å². The zero-order chi connectivity index (χ0) is 10.9. The highest BCUT2D eigenvalue weighted by molar-refractivity contribution is 9.10. The Hall–Kier alpha value is -0.730. The number of nitro groups is 1. The molecule has 0 saturated carbocycles. The van der Waals surface area contributed by atoms with Crippen molar-refractivity contribution < 1.29 is 13.3 Å². The molecule has 6 nitrogen and oxygen atoms in total. The summed E-state index contributed by atoms with van der Waals surface area (Å²) in [5.74, 6) is 0. The third kappa shape index (κ3) is 2.20. The van der Waals surface area contributed by atoms with Gasteiger partial charge in [-0.2, -0.15) is 0 Å². The first-order valence-electron chi connectivity index (χ1n) is 3.06. The van der Waals surface area contributed by atoms with Gasteiger partial charge >= 0.3 is 5.69 Å². The van der Waals surface area contributed by atoms with Gasteiger partial charge in [0, 0.05) is 16.9 Å². The van der Waals surface area contributed by atoms with Crippen molar-refractivity contribution in [1.29, 1.82) is 0 Å². The van der Waals surface area contributed by atoms with Crippen molar-refractivity contribution >= 4 is 41.4 Å². The third-order valence-corrected chi connectivity index (χ3v) is 3.19. The van der Waals surface area contributed by atoms with Crippen molar-refractivity contribution in [2.45, 2.75) is 4.90 Å². The molecule has 0 aliphatic carbocycles. The molecule has 14 heavy (non-hydrogen) atoms. The van der Waals surface area contributed by atoms with Crippen LogP contribution in [0.4, 0.5) is 5.69 Å². The number of nitrogens with zero attached hydrogens (tertiary/aromatic N) is 2. The molecule has 1 aromatic heterocycles. The van der Waals surface area contributed by atoms with E-state index in [1.807, 2.05) is 0 Å². The summed E-state index contributed by atoms with van der Waals surface area (Å²) in [4.78, 5) is 12.5. The van der Waals surface area contributed by atoms with E-state index in [-0.39, 0.29) is 4.47 Å². The molecule has 1 rings (SSSR count). The van der Waals surface area contributed by atoms with Gasteiger partial charge in [0.1, 0.15) is 4.47 Å². The van der Waals surface area contributed by atoms with Gasteiger partial charge in [-0.15, -0.1) is 0 Å². The zero-order valence-corrected chi connectivity index (χ0v) is 9.50. The molecule has 0 spiro atoms. The summed E-state index contributed by atoms with van der Waals surface area (Å²) < 4.78 is 21.8. The van der Waals surface area contributed by atoms with Crippen LogP contribution in [0.3, 0.4) is 0 Å². The number of hydrogen-bond acceptors (Lipinski definition) is 5. The van der Waals surface area contributed by atoms with E-state index < -0.39 is 24.6 Å². The second kappa shape index (κ2) is 3.79.